The molecule has 8 aromatic carbocycles. The summed E-state index contributed by atoms with van der Waals surface area (Å²) in [6.45, 7) is 19.7. The molecule has 0 saturated heterocycles. The first-order valence-electron chi connectivity index (χ1n) is 34.1. The van der Waals surface area contributed by atoms with Crippen molar-refractivity contribution in [2.75, 3.05) is 47.8 Å². The second-order valence-electron chi connectivity index (χ2n) is 25.9. The van der Waals surface area contributed by atoms with Crippen molar-refractivity contribution >= 4 is 83.4 Å². The second-order valence-corrected chi connectivity index (χ2v) is 26.8. The molecule has 0 atom stereocenters. The first-order chi connectivity index (χ1) is 51.4. The molecule has 26 heteroatoms. The molecule has 0 amide bonds. The van der Waals surface area contributed by atoms with E-state index in [1.54, 1.807) is 53.9 Å². The van der Waals surface area contributed by atoms with E-state index >= 15 is 0 Å². The third-order valence-electron chi connectivity index (χ3n) is 18.9. The Balaban J connectivity index is 0.000000127. The lowest BCUT2D eigenvalue weighted by Crippen LogP contribution is -2.15. The Bertz CT molecular complexity index is 5710. The van der Waals surface area contributed by atoms with Crippen molar-refractivity contribution in [1.29, 1.82) is 0 Å². The van der Waals surface area contributed by atoms with E-state index < -0.39 is 11.7 Å². The van der Waals surface area contributed by atoms with Gasteiger partial charge in [0.05, 0.1) is 77.2 Å². The average molecular weight is 1500 g/mol. The summed E-state index contributed by atoms with van der Waals surface area (Å²) >= 11 is 3.66. The van der Waals surface area contributed by atoms with Crippen LogP contribution in [-0.2, 0) is 6.18 Å². The Morgan fingerprint density at radius 3 is 1.23 bits per heavy atom. The van der Waals surface area contributed by atoms with Gasteiger partial charge in [0.25, 0.3) is 0 Å². The third kappa shape index (κ3) is 15.3. The van der Waals surface area contributed by atoms with Gasteiger partial charge in [-0.1, -0.05) is 55.3 Å². The minimum atomic E-state index is -4.55. The molecule has 0 bridgehead atoms. The summed E-state index contributed by atoms with van der Waals surface area (Å²) in [5, 5.41) is 33.5. The molecular formula is C81H76BrF3N18O4. The molecule has 0 N–H and O–H groups in total. The Morgan fingerprint density at radius 2 is 0.794 bits per heavy atom. The summed E-state index contributed by atoms with van der Waals surface area (Å²) in [4.78, 5) is 16.4. The highest BCUT2D eigenvalue weighted by molar-refractivity contribution is 9.10. The van der Waals surface area contributed by atoms with Crippen LogP contribution in [0.3, 0.4) is 0 Å². The largest absolute Gasteiger partial charge is 0.418 e. The van der Waals surface area contributed by atoms with Crippen molar-refractivity contribution < 1.29 is 31.3 Å². The predicted molar refractivity (Wildman–Crippen MR) is 414 cm³/mol. The first kappa shape index (κ1) is 72.6. The first-order valence-corrected chi connectivity index (χ1v) is 34.8. The fraction of sp³-hybridized carbons (Fsp3) is 0.185. The number of benzene rings is 8. The van der Waals surface area contributed by atoms with Crippen LogP contribution in [0.15, 0.2) is 230 Å². The minimum absolute atomic E-state index is 0.0802. The molecule has 0 aliphatic heterocycles. The number of imidazole rings is 2. The van der Waals surface area contributed by atoms with Gasteiger partial charge in [-0.05, 0) is 234 Å². The lowest BCUT2D eigenvalue weighted by molar-refractivity contribution is -0.137. The molecule has 0 fully saturated rings. The number of halogens is 4. The molecule has 16 rings (SSSR count). The molecule has 8 heterocycles. The zero-order chi connectivity index (χ0) is 75.5. The smallest absolute Gasteiger partial charge is 0.361 e. The van der Waals surface area contributed by atoms with Gasteiger partial charge < -0.3 is 46.8 Å². The van der Waals surface area contributed by atoms with Gasteiger partial charge in [-0.15, -0.1) is 10.2 Å². The maximum absolute atomic E-state index is 13.8. The van der Waals surface area contributed by atoms with Crippen LogP contribution >= 0.6 is 15.9 Å². The van der Waals surface area contributed by atoms with Gasteiger partial charge in [0.1, 0.15) is 11.5 Å². The van der Waals surface area contributed by atoms with Gasteiger partial charge in [0.2, 0.25) is 0 Å². The van der Waals surface area contributed by atoms with Gasteiger partial charge in [0, 0.05) is 142 Å². The van der Waals surface area contributed by atoms with Gasteiger partial charge in [-0.25, -0.2) is 19.3 Å². The average Bonchev–Trinajstić information content (AvgIpc) is 1.68. The normalized spacial score (nSPS) is 11.3. The highest BCUT2D eigenvalue weighted by atomic mass is 79.9. The van der Waals surface area contributed by atoms with E-state index in [1.807, 2.05) is 107 Å². The number of fused-ring (bicyclic) bond motifs is 2. The van der Waals surface area contributed by atoms with Gasteiger partial charge in [-0.2, -0.15) is 13.2 Å². The van der Waals surface area contributed by atoms with Crippen molar-refractivity contribution in [3.63, 3.8) is 0 Å². The SMILES string of the molecule is Cc1cc2c(C)noc2cc1N(C)c1ccc(-n2ccnc2)cc1.Cc1cc2onc(C)c2cc1N(C)c1ccc(-n2ccnc2)cc1.Cc1ccc(-c2c(C)noc2C)cc1N(C)c1ccc(-n2ccnn2)c(Br)c1.Cc1ccc(-c2c(C)noc2C)cc1N(C)c1ccc(-n2ccnn2)c(C(F)(F)F)c1. The molecule has 0 unspecified atom stereocenters. The molecule has 8 aromatic heterocycles. The van der Waals surface area contributed by atoms with E-state index in [1.165, 1.54) is 29.6 Å². The van der Waals surface area contributed by atoms with Crippen LogP contribution in [0, 0.1) is 69.2 Å². The molecule has 0 radical (unpaired) electrons. The Morgan fingerprint density at radius 1 is 0.383 bits per heavy atom. The Hall–Kier alpha value is -12.7. The standard InChI is InChI=1S/C22H20F3N5O.C21H20BrN5O.2C19H18N4O/c1-13-5-6-16(21-14(2)27-31-15(21)3)11-20(13)29(4)17-7-8-19(30-10-9-26-28-30)18(12-17)22(23,24)25;1-13-5-6-16(21-14(2)24-28-15(21)3)11-20(13)26(4)17-7-8-19(18(22)12-17)27-10-9-23-25-27;1-13-10-19-17(14(2)21-24-19)11-18(13)22(3)15-4-6-16(7-5-15)23-9-8-20-12-23;1-13-10-17-14(2)21-24-19(17)11-18(13)22(3)15-4-6-16(7-5-15)23-9-8-20-12-23/h5-12H,1-4H3;5-12H,1-4H3;2*4-12H,1-3H3. The molecule has 542 valence electrons. The van der Waals surface area contributed by atoms with E-state index in [0.717, 1.165) is 156 Å². The molecular weight excluding hydrogens is 1430 g/mol. The van der Waals surface area contributed by atoms with E-state index in [4.69, 9.17) is 18.1 Å². The van der Waals surface area contributed by atoms with Crippen molar-refractivity contribution in [3.8, 4) is 45.0 Å². The predicted octanol–water partition coefficient (Wildman–Crippen LogP) is 19.8. The fourth-order valence-electron chi connectivity index (χ4n) is 13.0. The van der Waals surface area contributed by atoms with Crippen LogP contribution in [0.5, 0.6) is 0 Å². The topological polar surface area (TPSA) is 214 Å². The summed E-state index contributed by atoms with van der Waals surface area (Å²) in [6, 6.07) is 47.7. The zero-order valence-electron chi connectivity index (χ0n) is 61.3. The molecule has 107 heavy (non-hydrogen) atoms. The number of hydrogen-bond acceptors (Lipinski definition) is 18. The van der Waals surface area contributed by atoms with Gasteiger partial charge in [0.15, 0.2) is 11.2 Å². The lowest BCUT2D eigenvalue weighted by Gasteiger charge is -2.24. The summed E-state index contributed by atoms with van der Waals surface area (Å²) in [5.74, 6) is 1.52. The van der Waals surface area contributed by atoms with Gasteiger partial charge in [-0.3, -0.25) is 0 Å². The van der Waals surface area contributed by atoms with E-state index in [2.05, 4.69) is 221 Å². The summed E-state index contributed by atoms with van der Waals surface area (Å²) in [7, 11) is 7.94. The van der Waals surface area contributed by atoms with Gasteiger partial charge >= 0.3 is 6.18 Å². The maximum Gasteiger partial charge on any atom is 0.418 e. The zero-order valence-corrected chi connectivity index (χ0v) is 62.9. The van der Waals surface area contributed by atoms with Crippen LogP contribution in [0.2, 0.25) is 0 Å². The van der Waals surface area contributed by atoms with E-state index in [9.17, 15) is 13.2 Å². The van der Waals surface area contributed by atoms with Crippen LogP contribution in [0.4, 0.5) is 58.7 Å². The quantitative estimate of drug-likeness (QED) is 0.0989. The highest BCUT2D eigenvalue weighted by Gasteiger charge is 2.35. The molecule has 0 spiro atoms. The number of nitrogens with zero attached hydrogens (tertiary/aromatic N) is 18. The van der Waals surface area contributed by atoms with Crippen LogP contribution in [-0.4, -0.2) is 97.9 Å². The number of rotatable bonds is 14. The Labute approximate surface area is 623 Å². The van der Waals surface area contributed by atoms with Crippen LogP contribution in [0.25, 0.3) is 66.9 Å². The monoisotopic (exact) mass is 1500 g/mol. The van der Waals surface area contributed by atoms with Crippen LogP contribution in [0.1, 0.15) is 62.1 Å². The number of hydrogen-bond donors (Lipinski definition) is 0. The van der Waals surface area contributed by atoms with Crippen LogP contribution < -0.4 is 19.6 Å². The third-order valence-corrected chi connectivity index (χ3v) is 19.5. The van der Waals surface area contributed by atoms with E-state index in [-0.39, 0.29) is 5.69 Å². The van der Waals surface area contributed by atoms with E-state index in [0.29, 0.717) is 11.4 Å². The lowest BCUT2D eigenvalue weighted by atomic mass is 10.0. The molecule has 22 nitrogen and oxygen atoms in total. The Kier molecular flexibility index (Phi) is 20.7. The highest BCUT2D eigenvalue weighted by Crippen LogP contribution is 2.42. The molecule has 0 saturated carbocycles. The number of alkyl halides is 3. The number of anilines is 8. The molecule has 0 aliphatic carbocycles. The van der Waals surface area contributed by atoms with Crippen molar-refractivity contribution in [3.05, 3.63) is 274 Å². The summed E-state index contributed by atoms with van der Waals surface area (Å²) in [6.07, 6.45) is 12.7. The minimum Gasteiger partial charge on any atom is -0.361 e. The number of aryl methyl sites for hydroxylation is 10. The number of aromatic nitrogens is 14. The summed E-state index contributed by atoms with van der Waals surface area (Å²) < 4.78 is 70.6. The van der Waals surface area contributed by atoms with Crippen molar-refractivity contribution in [2.24, 2.45) is 0 Å². The molecule has 0 aliphatic rings. The van der Waals surface area contributed by atoms with Crippen molar-refractivity contribution in [2.45, 2.75) is 75.4 Å². The van der Waals surface area contributed by atoms with Crippen molar-refractivity contribution in [1.82, 2.24) is 69.7 Å². The fourth-order valence-corrected chi connectivity index (χ4v) is 13.5. The maximum atomic E-state index is 13.8. The molecule has 16 aromatic rings. The second kappa shape index (κ2) is 30.5. The summed E-state index contributed by atoms with van der Waals surface area (Å²) in [5.41, 5.74) is 23.6.